The number of carbonyl (C=O) groups excluding carboxylic acids is 1. The Kier molecular flexibility index (Phi) is 4.87. The van der Waals surface area contributed by atoms with Crippen LogP contribution in [0.5, 0.6) is 0 Å². The average Bonchev–Trinajstić information content (AvgIpc) is 3.36. The zero-order valence-corrected chi connectivity index (χ0v) is 15.3. The van der Waals surface area contributed by atoms with Crippen molar-refractivity contribution in [3.05, 3.63) is 24.0 Å². The Bertz CT molecular complexity index is 600. The van der Waals surface area contributed by atoms with Crippen LogP contribution in [0.4, 0.5) is 0 Å². The molecule has 1 atom stereocenters. The smallest absolute Gasteiger partial charge is 0.270 e. The number of rotatable bonds is 5. The van der Waals surface area contributed by atoms with Crippen molar-refractivity contribution < 1.29 is 14.3 Å². The summed E-state index contributed by atoms with van der Waals surface area (Å²) in [4.78, 5) is 14.8. The molecule has 1 aliphatic carbocycles. The molecule has 5 nitrogen and oxygen atoms in total. The van der Waals surface area contributed by atoms with Crippen LogP contribution in [0.15, 0.2) is 18.3 Å². The van der Waals surface area contributed by atoms with Crippen LogP contribution in [0, 0.1) is 17.3 Å². The van der Waals surface area contributed by atoms with Gasteiger partial charge in [-0.15, -0.1) is 0 Å². The third-order valence-corrected chi connectivity index (χ3v) is 6.51. The maximum absolute atomic E-state index is 12.7. The monoisotopic (exact) mass is 346 g/mol. The first-order chi connectivity index (χ1) is 12.2. The number of likely N-dealkylation sites (tertiary alicyclic amines) is 1. The van der Waals surface area contributed by atoms with Gasteiger partial charge in [0, 0.05) is 45.5 Å². The van der Waals surface area contributed by atoms with E-state index in [0.717, 1.165) is 70.4 Å². The molecular formula is C20H30N2O3. The molecule has 1 aromatic rings. The Hall–Kier alpha value is -1.33. The van der Waals surface area contributed by atoms with Gasteiger partial charge in [0.2, 0.25) is 0 Å². The van der Waals surface area contributed by atoms with E-state index in [1.807, 2.05) is 34.8 Å². The van der Waals surface area contributed by atoms with Gasteiger partial charge in [0.25, 0.3) is 5.91 Å². The third-order valence-electron chi connectivity index (χ3n) is 6.51. The van der Waals surface area contributed by atoms with Crippen molar-refractivity contribution in [3.8, 4) is 0 Å². The van der Waals surface area contributed by atoms with Gasteiger partial charge in [0.05, 0.1) is 13.2 Å². The summed E-state index contributed by atoms with van der Waals surface area (Å²) in [5.74, 6) is 1.45. The van der Waals surface area contributed by atoms with Gasteiger partial charge in [0.1, 0.15) is 5.69 Å². The summed E-state index contributed by atoms with van der Waals surface area (Å²) in [5.41, 5.74) is 1.08. The van der Waals surface area contributed by atoms with Crippen LogP contribution in [-0.2, 0) is 16.5 Å². The molecule has 1 amide bonds. The standard InChI is InChI=1S/C20H30N2O3/c1-21-9-2-3-18(21)19(23)22-10-6-20(7-11-22)8-12-24-14-17(20)15-25-13-16-4-5-16/h2-3,9,16-17H,4-8,10-15H2,1H3/t17-/m1/s1. The lowest BCUT2D eigenvalue weighted by molar-refractivity contribution is -0.0976. The van der Waals surface area contributed by atoms with E-state index in [1.54, 1.807) is 0 Å². The first-order valence-electron chi connectivity index (χ1n) is 9.74. The van der Waals surface area contributed by atoms with Gasteiger partial charge in [-0.1, -0.05) is 0 Å². The van der Waals surface area contributed by atoms with Crippen LogP contribution in [0.3, 0.4) is 0 Å². The second kappa shape index (κ2) is 7.12. The zero-order chi connectivity index (χ0) is 17.3. The largest absolute Gasteiger partial charge is 0.381 e. The van der Waals surface area contributed by atoms with Crippen molar-refractivity contribution in [2.75, 3.05) is 39.5 Å². The maximum atomic E-state index is 12.7. The Morgan fingerprint density at radius 1 is 1.28 bits per heavy atom. The average molecular weight is 346 g/mol. The van der Waals surface area contributed by atoms with Crippen molar-refractivity contribution in [1.82, 2.24) is 9.47 Å². The number of amides is 1. The molecular weight excluding hydrogens is 316 g/mol. The highest BCUT2D eigenvalue weighted by Crippen LogP contribution is 2.45. The fraction of sp³-hybridized carbons (Fsp3) is 0.750. The minimum absolute atomic E-state index is 0.163. The molecule has 0 bridgehead atoms. The zero-order valence-electron chi connectivity index (χ0n) is 15.3. The number of hydrogen-bond donors (Lipinski definition) is 0. The molecule has 0 N–H and O–H groups in total. The van der Waals surface area contributed by atoms with E-state index >= 15 is 0 Å². The molecule has 1 saturated carbocycles. The molecule has 0 aromatic carbocycles. The quantitative estimate of drug-likeness (QED) is 0.823. The molecule has 5 heteroatoms. The van der Waals surface area contributed by atoms with Crippen molar-refractivity contribution in [1.29, 1.82) is 0 Å². The van der Waals surface area contributed by atoms with Crippen LogP contribution in [-0.4, -0.2) is 54.9 Å². The van der Waals surface area contributed by atoms with E-state index in [1.165, 1.54) is 12.8 Å². The number of nitrogens with zero attached hydrogens (tertiary/aromatic N) is 2. The highest BCUT2D eigenvalue weighted by molar-refractivity contribution is 5.92. The topological polar surface area (TPSA) is 43.7 Å². The fourth-order valence-electron chi connectivity index (χ4n) is 4.43. The first kappa shape index (κ1) is 17.1. The maximum Gasteiger partial charge on any atom is 0.270 e. The number of ether oxygens (including phenoxy) is 2. The van der Waals surface area contributed by atoms with Crippen LogP contribution >= 0.6 is 0 Å². The molecule has 2 aliphatic heterocycles. The van der Waals surface area contributed by atoms with E-state index in [-0.39, 0.29) is 5.91 Å². The highest BCUT2D eigenvalue weighted by atomic mass is 16.5. The first-order valence-corrected chi connectivity index (χ1v) is 9.74. The summed E-state index contributed by atoms with van der Waals surface area (Å²) < 4.78 is 13.7. The molecule has 2 saturated heterocycles. The molecule has 4 rings (SSSR count). The summed E-state index contributed by atoms with van der Waals surface area (Å²) in [6, 6.07) is 3.85. The second-order valence-electron chi connectivity index (χ2n) is 8.16. The van der Waals surface area contributed by atoms with Crippen LogP contribution in [0.1, 0.15) is 42.6 Å². The lowest BCUT2D eigenvalue weighted by Gasteiger charge is -2.49. The van der Waals surface area contributed by atoms with Crippen molar-refractivity contribution in [2.24, 2.45) is 24.3 Å². The molecule has 3 aliphatic rings. The minimum Gasteiger partial charge on any atom is -0.381 e. The van der Waals surface area contributed by atoms with Crippen molar-refractivity contribution in [3.63, 3.8) is 0 Å². The Balaban J connectivity index is 1.36. The lowest BCUT2D eigenvalue weighted by Crippen LogP contribution is -2.50. The van der Waals surface area contributed by atoms with Crippen LogP contribution in [0.25, 0.3) is 0 Å². The molecule has 3 heterocycles. The van der Waals surface area contributed by atoms with Gasteiger partial charge < -0.3 is 18.9 Å². The summed E-state index contributed by atoms with van der Waals surface area (Å²) in [6.45, 7) is 5.11. The lowest BCUT2D eigenvalue weighted by atomic mass is 9.66. The molecule has 1 spiro atoms. The van der Waals surface area contributed by atoms with Gasteiger partial charge in [-0.3, -0.25) is 4.79 Å². The Morgan fingerprint density at radius 3 is 2.76 bits per heavy atom. The summed E-state index contributed by atoms with van der Waals surface area (Å²) in [5, 5.41) is 0. The highest BCUT2D eigenvalue weighted by Gasteiger charge is 2.44. The molecule has 0 unspecified atom stereocenters. The summed E-state index contributed by atoms with van der Waals surface area (Å²) >= 11 is 0. The number of carbonyl (C=O) groups is 1. The van der Waals surface area contributed by atoms with Gasteiger partial charge in [0.15, 0.2) is 0 Å². The van der Waals surface area contributed by atoms with Gasteiger partial charge in [-0.2, -0.15) is 0 Å². The van der Waals surface area contributed by atoms with Crippen molar-refractivity contribution in [2.45, 2.75) is 32.1 Å². The Labute approximate surface area is 150 Å². The van der Waals surface area contributed by atoms with E-state index in [2.05, 4.69) is 0 Å². The normalized spacial score (nSPS) is 26.1. The minimum atomic E-state index is 0.163. The molecule has 0 radical (unpaired) electrons. The van der Waals surface area contributed by atoms with Gasteiger partial charge in [-0.05, 0) is 55.6 Å². The van der Waals surface area contributed by atoms with E-state index in [4.69, 9.17) is 9.47 Å². The van der Waals surface area contributed by atoms with Gasteiger partial charge >= 0.3 is 0 Å². The SMILES string of the molecule is Cn1cccc1C(=O)N1CCC2(CCOC[C@@H]2COCC2CC2)CC1. The summed E-state index contributed by atoms with van der Waals surface area (Å²) in [7, 11) is 1.93. The summed E-state index contributed by atoms with van der Waals surface area (Å²) in [6.07, 6.45) is 7.86. The second-order valence-corrected chi connectivity index (χ2v) is 8.16. The predicted octanol–water partition coefficient (Wildman–Crippen LogP) is 2.71. The molecule has 3 fully saturated rings. The van der Waals surface area contributed by atoms with E-state index in [0.29, 0.717) is 11.3 Å². The van der Waals surface area contributed by atoms with Crippen LogP contribution in [0.2, 0.25) is 0 Å². The van der Waals surface area contributed by atoms with E-state index in [9.17, 15) is 4.79 Å². The van der Waals surface area contributed by atoms with Gasteiger partial charge in [-0.25, -0.2) is 0 Å². The number of aromatic nitrogens is 1. The predicted molar refractivity (Wildman–Crippen MR) is 95.5 cm³/mol. The molecule has 138 valence electrons. The molecule has 1 aromatic heterocycles. The number of piperidine rings is 1. The van der Waals surface area contributed by atoms with Crippen molar-refractivity contribution >= 4 is 5.91 Å². The fourth-order valence-corrected chi connectivity index (χ4v) is 4.43. The number of aryl methyl sites for hydroxylation is 1. The van der Waals surface area contributed by atoms with Crippen LogP contribution < -0.4 is 0 Å². The third kappa shape index (κ3) is 3.63. The molecule has 25 heavy (non-hydrogen) atoms. The Morgan fingerprint density at radius 2 is 2.08 bits per heavy atom. The van der Waals surface area contributed by atoms with E-state index < -0.39 is 0 Å². The number of hydrogen-bond acceptors (Lipinski definition) is 3.